The van der Waals surface area contributed by atoms with Crippen LogP contribution in [0.5, 0.6) is 0 Å². The smallest absolute Gasteiger partial charge is 0.285 e. The molecule has 0 spiro atoms. The molecule has 1 aliphatic heterocycles. The molecule has 1 aromatic rings. The standard InChI is InChI=1S/C23H31N3O2/c1-14(22(28)26-13-21(27)25-19-5-3-4-6-20(19)26)24-15(2)23-10-16-7-17(11-23)9-18(8-16)12-23/h3-6,14-18,24H,7-13H2,1-2H3,(H,25,27)/p+1/t14-,15-,16?,17?,18?,23?/m0/s1. The van der Waals surface area contributed by atoms with E-state index in [9.17, 15) is 9.59 Å². The van der Waals surface area contributed by atoms with Crippen LogP contribution in [0.3, 0.4) is 0 Å². The lowest BCUT2D eigenvalue weighted by molar-refractivity contribution is -0.718. The van der Waals surface area contributed by atoms with E-state index in [0.717, 1.165) is 29.1 Å². The molecular weight excluding hydrogens is 350 g/mol. The van der Waals surface area contributed by atoms with E-state index < -0.39 is 0 Å². The molecule has 4 aliphatic carbocycles. The molecular formula is C23H32N3O2+. The molecule has 0 saturated heterocycles. The average Bonchev–Trinajstić information content (AvgIpc) is 2.65. The highest BCUT2D eigenvalue weighted by Gasteiger charge is 2.55. The quantitative estimate of drug-likeness (QED) is 0.840. The third-order valence-corrected chi connectivity index (χ3v) is 8.06. The first-order chi connectivity index (χ1) is 13.4. The molecule has 0 unspecified atom stereocenters. The molecule has 1 aromatic carbocycles. The molecule has 2 amide bonds. The fourth-order valence-electron chi connectivity index (χ4n) is 7.13. The van der Waals surface area contributed by atoms with Crippen molar-refractivity contribution in [3.8, 4) is 0 Å². The second-order valence-corrected chi connectivity index (χ2v) is 10.0. The number of nitrogens with two attached hydrogens (primary N) is 1. The molecule has 2 atom stereocenters. The minimum absolute atomic E-state index is 0.0406. The van der Waals surface area contributed by atoms with Crippen LogP contribution in [0.25, 0.3) is 0 Å². The fraction of sp³-hybridized carbons (Fsp3) is 0.652. The van der Waals surface area contributed by atoms with Crippen LogP contribution >= 0.6 is 0 Å². The Balaban J connectivity index is 1.31. The van der Waals surface area contributed by atoms with Crippen LogP contribution < -0.4 is 15.5 Å². The van der Waals surface area contributed by atoms with E-state index in [1.165, 1.54) is 38.5 Å². The first-order valence-electron chi connectivity index (χ1n) is 11.0. The lowest BCUT2D eigenvalue weighted by Crippen LogP contribution is -2.99. The maximum Gasteiger partial charge on any atom is 0.285 e. The van der Waals surface area contributed by atoms with Crippen molar-refractivity contribution < 1.29 is 14.9 Å². The van der Waals surface area contributed by atoms with Crippen molar-refractivity contribution in [1.29, 1.82) is 0 Å². The lowest BCUT2D eigenvalue weighted by atomic mass is 9.48. The van der Waals surface area contributed by atoms with Crippen molar-refractivity contribution in [3.05, 3.63) is 24.3 Å². The third kappa shape index (κ3) is 2.95. The van der Waals surface area contributed by atoms with Crippen molar-refractivity contribution in [3.63, 3.8) is 0 Å². The number of nitrogens with one attached hydrogen (secondary N) is 1. The number of hydrogen-bond donors (Lipinski definition) is 2. The summed E-state index contributed by atoms with van der Waals surface area (Å²) in [5.74, 6) is 2.69. The van der Waals surface area contributed by atoms with Crippen LogP contribution in [0.2, 0.25) is 0 Å². The summed E-state index contributed by atoms with van der Waals surface area (Å²) in [4.78, 5) is 27.1. The molecule has 4 bridgehead atoms. The van der Waals surface area contributed by atoms with Gasteiger partial charge in [0.2, 0.25) is 5.91 Å². The van der Waals surface area contributed by atoms with E-state index in [0.29, 0.717) is 11.5 Å². The van der Waals surface area contributed by atoms with Gasteiger partial charge in [-0.3, -0.25) is 14.5 Å². The zero-order valence-electron chi connectivity index (χ0n) is 17.0. The van der Waals surface area contributed by atoms with Gasteiger partial charge in [0.15, 0.2) is 6.04 Å². The highest BCUT2D eigenvalue weighted by atomic mass is 16.2. The Bertz CT molecular complexity index is 770. The highest BCUT2D eigenvalue weighted by Crippen LogP contribution is 2.60. The Morgan fingerprint density at radius 1 is 1.11 bits per heavy atom. The number of benzene rings is 1. The highest BCUT2D eigenvalue weighted by molar-refractivity contribution is 6.10. The first-order valence-corrected chi connectivity index (χ1v) is 11.0. The molecule has 5 nitrogen and oxygen atoms in total. The van der Waals surface area contributed by atoms with Crippen LogP contribution in [0.15, 0.2) is 24.3 Å². The van der Waals surface area contributed by atoms with E-state index in [-0.39, 0.29) is 24.4 Å². The number of hydrogen-bond acceptors (Lipinski definition) is 2. The molecule has 1 heterocycles. The van der Waals surface area contributed by atoms with Gasteiger partial charge in [0.25, 0.3) is 5.91 Å². The van der Waals surface area contributed by atoms with Gasteiger partial charge in [0, 0.05) is 5.41 Å². The SMILES string of the molecule is C[C@H]([NH2+][C@@H](C)C12CC3CC(CC(C3)C1)C2)C(=O)N1CC(=O)Nc2ccccc21. The fourth-order valence-corrected chi connectivity index (χ4v) is 7.13. The summed E-state index contributed by atoms with van der Waals surface area (Å²) in [6.45, 7) is 4.46. The van der Waals surface area contributed by atoms with E-state index >= 15 is 0 Å². The molecule has 150 valence electrons. The van der Waals surface area contributed by atoms with Crippen molar-refractivity contribution in [2.75, 3.05) is 16.8 Å². The summed E-state index contributed by atoms with van der Waals surface area (Å²) < 4.78 is 0. The number of para-hydroxylation sites is 2. The zero-order valence-corrected chi connectivity index (χ0v) is 17.0. The van der Waals surface area contributed by atoms with Crippen LogP contribution in [-0.4, -0.2) is 30.4 Å². The molecule has 4 saturated carbocycles. The number of carbonyl (C=O) groups excluding carboxylic acids is 2. The molecule has 3 N–H and O–H groups in total. The molecule has 5 heteroatoms. The Morgan fingerprint density at radius 2 is 1.71 bits per heavy atom. The predicted octanol–water partition coefficient (Wildman–Crippen LogP) is 2.53. The number of nitrogens with zero attached hydrogens (tertiary/aromatic N) is 1. The van der Waals surface area contributed by atoms with Gasteiger partial charge < -0.3 is 10.6 Å². The Labute approximate surface area is 167 Å². The topological polar surface area (TPSA) is 66.0 Å². The third-order valence-electron chi connectivity index (χ3n) is 8.06. The summed E-state index contributed by atoms with van der Waals surface area (Å²) in [6.07, 6.45) is 8.39. The number of amides is 2. The van der Waals surface area contributed by atoms with Gasteiger partial charge in [0.1, 0.15) is 6.54 Å². The van der Waals surface area contributed by atoms with Gasteiger partial charge in [0.05, 0.1) is 17.4 Å². The van der Waals surface area contributed by atoms with Crippen LogP contribution in [0, 0.1) is 23.2 Å². The molecule has 6 rings (SSSR count). The monoisotopic (exact) mass is 382 g/mol. The van der Waals surface area contributed by atoms with Gasteiger partial charge >= 0.3 is 0 Å². The minimum atomic E-state index is -0.179. The molecule has 0 aromatic heterocycles. The Morgan fingerprint density at radius 3 is 2.36 bits per heavy atom. The number of quaternary nitrogens is 1. The summed E-state index contributed by atoms with van der Waals surface area (Å²) in [6, 6.07) is 7.86. The summed E-state index contributed by atoms with van der Waals surface area (Å²) in [5, 5.41) is 5.17. The van der Waals surface area contributed by atoms with Crippen LogP contribution in [0.1, 0.15) is 52.4 Å². The lowest BCUT2D eigenvalue weighted by Gasteiger charge is -2.58. The molecule has 5 aliphatic rings. The minimum Gasteiger partial charge on any atom is -0.334 e. The average molecular weight is 383 g/mol. The zero-order chi connectivity index (χ0) is 19.5. The summed E-state index contributed by atoms with van der Waals surface area (Å²) in [5.41, 5.74) is 1.96. The predicted molar refractivity (Wildman–Crippen MR) is 109 cm³/mol. The largest absolute Gasteiger partial charge is 0.334 e. The summed E-state index contributed by atoms with van der Waals surface area (Å²) >= 11 is 0. The van der Waals surface area contributed by atoms with Gasteiger partial charge in [-0.1, -0.05) is 12.1 Å². The number of rotatable bonds is 4. The Kier molecular flexibility index (Phi) is 4.27. The number of anilines is 2. The van der Waals surface area contributed by atoms with Crippen LogP contribution in [-0.2, 0) is 9.59 Å². The van der Waals surface area contributed by atoms with Crippen molar-refractivity contribution in [1.82, 2.24) is 0 Å². The molecule has 28 heavy (non-hydrogen) atoms. The van der Waals surface area contributed by atoms with Gasteiger partial charge in [-0.15, -0.1) is 0 Å². The van der Waals surface area contributed by atoms with Gasteiger partial charge in [-0.25, -0.2) is 0 Å². The molecule has 4 fully saturated rings. The number of fused-ring (bicyclic) bond motifs is 1. The summed E-state index contributed by atoms with van der Waals surface area (Å²) in [7, 11) is 0. The van der Waals surface area contributed by atoms with Crippen LogP contribution in [0.4, 0.5) is 11.4 Å². The normalized spacial score (nSPS) is 35.3. The van der Waals surface area contributed by atoms with Gasteiger partial charge in [-0.05, 0) is 82.3 Å². The molecule has 0 radical (unpaired) electrons. The van der Waals surface area contributed by atoms with E-state index in [2.05, 4.69) is 17.6 Å². The van der Waals surface area contributed by atoms with E-state index in [1.807, 2.05) is 31.2 Å². The van der Waals surface area contributed by atoms with Crippen molar-refractivity contribution in [2.45, 2.75) is 64.5 Å². The number of carbonyl (C=O) groups is 2. The van der Waals surface area contributed by atoms with E-state index in [4.69, 9.17) is 0 Å². The maximum absolute atomic E-state index is 13.3. The van der Waals surface area contributed by atoms with Crippen molar-refractivity contribution in [2.24, 2.45) is 23.2 Å². The first kappa shape index (κ1) is 18.2. The maximum atomic E-state index is 13.3. The second kappa shape index (κ2) is 6.58. The van der Waals surface area contributed by atoms with Crippen molar-refractivity contribution >= 4 is 23.2 Å². The second-order valence-electron chi connectivity index (χ2n) is 10.0. The van der Waals surface area contributed by atoms with Gasteiger partial charge in [-0.2, -0.15) is 0 Å². The van der Waals surface area contributed by atoms with E-state index in [1.54, 1.807) is 4.90 Å². The Hall–Kier alpha value is -1.88.